The maximum atomic E-state index is 9.59. The van der Waals surface area contributed by atoms with E-state index in [9.17, 15) is 10.0 Å². The number of benzene rings is 3. The Kier molecular flexibility index (Phi) is 3.87. The highest BCUT2D eigenvalue weighted by molar-refractivity contribution is 9.10. The average Bonchev–Trinajstić information content (AvgIpc) is 2.83. The van der Waals surface area contributed by atoms with Crippen LogP contribution in [0.1, 0.15) is 25.0 Å². The van der Waals surface area contributed by atoms with Crippen LogP contribution in [-0.2, 0) is 5.41 Å². The number of hydrogen-bond acceptors (Lipinski definition) is 2. The highest BCUT2D eigenvalue weighted by Crippen LogP contribution is 2.51. The highest BCUT2D eigenvalue weighted by atomic mass is 79.9. The summed E-state index contributed by atoms with van der Waals surface area (Å²) >= 11 is 3.49. The van der Waals surface area contributed by atoms with Crippen molar-refractivity contribution in [2.75, 3.05) is 0 Å². The van der Waals surface area contributed by atoms with Crippen LogP contribution < -0.4 is 5.46 Å². The Labute approximate surface area is 156 Å². The molecule has 0 saturated heterocycles. The third-order valence-corrected chi connectivity index (χ3v) is 5.57. The van der Waals surface area contributed by atoms with Gasteiger partial charge in [0.25, 0.3) is 0 Å². The summed E-state index contributed by atoms with van der Waals surface area (Å²) in [6.45, 7) is 4.50. The first-order valence-corrected chi connectivity index (χ1v) is 9.09. The van der Waals surface area contributed by atoms with Crippen LogP contribution in [0.3, 0.4) is 0 Å². The lowest BCUT2D eigenvalue weighted by Gasteiger charge is -2.24. The zero-order valence-electron chi connectivity index (χ0n) is 14.1. The van der Waals surface area contributed by atoms with E-state index in [2.05, 4.69) is 72.2 Å². The molecule has 0 saturated carbocycles. The summed E-state index contributed by atoms with van der Waals surface area (Å²) in [5, 5.41) is 19.2. The van der Waals surface area contributed by atoms with Gasteiger partial charge in [0.2, 0.25) is 0 Å². The standard InChI is InChI=1S/C21H18BBrO2/c1-21(2)19-9-4-3-6-17(19)18-8-5-7-16(20(18)21)13-10-14(22(24)25)12-15(23)11-13/h3-12,24-25H,1-2H3. The molecule has 0 spiro atoms. The quantitative estimate of drug-likeness (QED) is 0.644. The van der Waals surface area contributed by atoms with Gasteiger partial charge >= 0.3 is 7.12 Å². The molecule has 0 aliphatic heterocycles. The molecule has 4 heteroatoms. The molecule has 0 radical (unpaired) electrons. The Morgan fingerprint density at radius 3 is 2.28 bits per heavy atom. The molecular weight excluding hydrogens is 375 g/mol. The fourth-order valence-electron chi connectivity index (χ4n) is 4.01. The van der Waals surface area contributed by atoms with Crippen LogP contribution in [0, 0.1) is 0 Å². The first-order valence-electron chi connectivity index (χ1n) is 8.30. The number of fused-ring (bicyclic) bond motifs is 3. The molecule has 1 aliphatic rings. The molecule has 1 aliphatic carbocycles. The van der Waals surface area contributed by atoms with Crippen molar-refractivity contribution in [2.24, 2.45) is 0 Å². The maximum absolute atomic E-state index is 9.59. The molecule has 0 heterocycles. The zero-order chi connectivity index (χ0) is 17.8. The number of rotatable bonds is 2. The van der Waals surface area contributed by atoms with Gasteiger partial charge in [-0.25, -0.2) is 0 Å². The summed E-state index contributed by atoms with van der Waals surface area (Å²) < 4.78 is 0.832. The molecule has 124 valence electrons. The summed E-state index contributed by atoms with van der Waals surface area (Å²) in [5.41, 5.74) is 7.63. The van der Waals surface area contributed by atoms with Gasteiger partial charge < -0.3 is 10.0 Å². The van der Waals surface area contributed by atoms with Crippen LogP contribution in [0.2, 0.25) is 0 Å². The second-order valence-corrected chi connectivity index (χ2v) is 7.96. The molecule has 0 atom stereocenters. The molecule has 0 amide bonds. The van der Waals surface area contributed by atoms with E-state index in [4.69, 9.17) is 0 Å². The van der Waals surface area contributed by atoms with Crippen LogP contribution >= 0.6 is 15.9 Å². The van der Waals surface area contributed by atoms with E-state index in [-0.39, 0.29) is 5.41 Å². The summed E-state index contributed by atoms with van der Waals surface area (Å²) in [6.07, 6.45) is 0. The van der Waals surface area contributed by atoms with E-state index in [1.807, 2.05) is 12.1 Å². The van der Waals surface area contributed by atoms with E-state index < -0.39 is 7.12 Å². The van der Waals surface area contributed by atoms with Crippen molar-refractivity contribution in [1.82, 2.24) is 0 Å². The molecular formula is C21H18BBrO2. The van der Waals surface area contributed by atoms with Crippen LogP contribution in [0.5, 0.6) is 0 Å². The van der Waals surface area contributed by atoms with Crippen molar-refractivity contribution in [1.29, 1.82) is 0 Å². The van der Waals surface area contributed by atoms with Gasteiger partial charge in [-0.15, -0.1) is 0 Å². The highest BCUT2D eigenvalue weighted by Gasteiger charge is 2.37. The number of hydrogen-bond donors (Lipinski definition) is 2. The molecule has 4 rings (SSSR count). The first kappa shape index (κ1) is 16.6. The molecule has 0 unspecified atom stereocenters. The Morgan fingerprint density at radius 1 is 0.840 bits per heavy atom. The largest absolute Gasteiger partial charge is 0.488 e. The molecule has 25 heavy (non-hydrogen) atoms. The third-order valence-electron chi connectivity index (χ3n) is 5.11. The SMILES string of the molecule is CC1(C)c2ccccc2-c2cccc(-c3cc(Br)cc(B(O)O)c3)c21. The Hall–Kier alpha value is -1.88. The maximum Gasteiger partial charge on any atom is 0.488 e. The van der Waals surface area contributed by atoms with Crippen molar-refractivity contribution < 1.29 is 10.0 Å². The molecule has 3 aromatic rings. The molecule has 3 aromatic carbocycles. The minimum atomic E-state index is -1.49. The lowest BCUT2D eigenvalue weighted by Crippen LogP contribution is -2.29. The van der Waals surface area contributed by atoms with Crippen molar-refractivity contribution in [3.63, 3.8) is 0 Å². The summed E-state index contributed by atoms with van der Waals surface area (Å²) in [5.74, 6) is 0. The van der Waals surface area contributed by atoms with Gasteiger partial charge in [0.1, 0.15) is 0 Å². The van der Waals surface area contributed by atoms with Crippen LogP contribution in [0.25, 0.3) is 22.3 Å². The zero-order valence-corrected chi connectivity index (χ0v) is 15.7. The van der Waals surface area contributed by atoms with E-state index in [1.54, 1.807) is 6.07 Å². The monoisotopic (exact) mass is 392 g/mol. The Bertz CT molecular complexity index is 979. The Morgan fingerprint density at radius 2 is 1.52 bits per heavy atom. The van der Waals surface area contributed by atoms with Gasteiger partial charge in [-0.3, -0.25) is 0 Å². The third kappa shape index (κ3) is 2.56. The minimum absolute atomic E-state index is 0.108. The van der Waals surface area contributed by atoms with Gasteiger partial charge in [0, 0.05) is 9.89 Å². The van der Waals surface area contributed by atoms with Gasteiger partial charge in [0.15, 0.2) is 0 Å². The summed E-state index contributed by atoms with van der Waals surface area (Å²) in [4.78, 5) is 0. The van der Waals surface area contributed by atoms with Crippen molar-refractivity contribution in [2.45, 2.75) is 19.3 Å². The van der Waals surface area contributed by atoms with E-state index in [0.29, 0.717) is 5.46 Å². The number of halogens is 1. The topological polar surface area (TPSA) is 40.5 Å². The van der Waals surface area contributed by atoms with E-state index in [0.717, 1.165) is 15.6 Å². The van der Waals surface area contributed by atoms with Crippen molar-refractivity contribution in [3.05, 3.63) is 76.3 Å². The molecule has 2 N–H and O–H groups in total. The van der Waals surface area contributed by atoms with Gasteiger partial charge in [-0.1, -0.05) is 78.3 Å². The molecule has 0 aromatic heterocycles. The van der Waals surface area contributed by atoms with Gasteiger partial charge in [-0.05, 0) is 51.0 Å². The summed E-state index contributed by atoms with van der Waals surface area (Å²) in [7, 11) is -1.49. The fraction of sp³-hybridized carbons (Fsp3) is 0.143. The smallest absolute Gasteiger partial charge is 0.423 e. The fourth-order valence-corrected chi connectivity index (χ4v) is 4.52. The second kappa shape index (κ2) is 5.84. The molecule has 2 nitrogen and oxygen atoms in total. The van der Waals surface area contributed by atoms with E-state index >= 15 is 0 Å². The average molecular weight is 393 g/mol. The van der Waals surface area contributed by atoms with Crippen molar-refractivity contribution in [3.8, 4) is 22.3 Å². The lowest BCUT2D eigenvalue weighted by atomic mass is 9.76. The van der Waals surface area contributed by atoms with Crippen LogP contribution in [0.4, 0.5) is 0 Å². The Balaban J connectivity index is 2.00. The molecule has 0 fully saturated rings. The van der Waals surface area contributed by atoms with Gasteiger partial charge in [0.05, 0.1) is 0 Å². The first-order chi connectivity index (χ1) is 11.9. The normalized spacial score (nSPS) is 14.1. The lowest BCUT2D eigenvalue weighted by molar-refractivity contribution is 0.426. The second-order valence-electron chi connectivity index (χ2n) is 7.05. The van der Waals surface area contributed by atoms with E-state index in [1.165, 1.54) is 22.3 Å². The predicted molar refractivity (Wildman–Crippen MR) is 107 cm³/mol. The summed E-state index contributed by atoms with van der Waals surface area (Å²) in [6, 6.07) is 20.5. The van der Waals surface area contributed by atoms with Crippen molar-refractivity contribution >= 4 is 28.5 Å². The van der Waals surface area contributed by atoms with Crippen LogP contribution in [-0.4, -0.2) is 17.2 Å². The predicted octanol–water partition coefficient (Wildman–Crippen LogP) is 4.10. The molecule has 0 bridgehead atoms. The minimum Gasteiger partial charge on any atom is -0.423 e. The van der Waals surface area contributed by atoms with Crippen LogP contribution in [0.15, 0.2) is 65.1 Å². The van der Waals surface area contributed by atoms with Gasteiger partial charge in [-0.2, -0.15) is 0 Å².